The van der Waals surface area contributed by atoms with Gasteiger partial charge in [0, 0.05) is 30.6 Å². The second kappa shape index (κ2) is 7.45. The number of benzene rings is 1. The smallest absolute Gasteiger partial charge is 0.228 e. The molecular weight excluding hydrogens is 318 g/mol. The summed E-state index contributed by atoms with van der Waals surface area (Å²) in [5.74, 6) is 0.163. The lowest BCUT2D eigenvalue weighted by Crippen LogP contribution is -2.47. The van der Waals surface area contributed by atoms with Gasteiger partial charge in [-0.1, -0.05) is 23.8 Å². The van der Waals surface area contributed by atoms with Crippen molar-refractivity contribution in [2.45, 2.75) is 32.2 Å². The summed E-state index contributed by atoms with van der Waals surface area (Å²) in [4.78, 5) is 21.5. The fourth-order valence-corrected chi connectivity index (χ4v) is 4.05. The van der Waals surface area contributed by atoms with Crippen molar-refractivity contribution in [3.8, 4) is 10.6 Å². The Bertz CT molecular complexity index is 712. The maximum Gasteiger partial charge on any atom is 0.228 e. The molecule has 1 aromatic heterocycles. The van der Waals surface area contributed by atoms with Gasteiger partial charge in [0.2, 0.25) is 5.91 Å². The number of piperidine rings is 1. The highest BCUT2D eigenvalue weighted by atomic mass is 32.1. The molecule has 1 amide bonds. The number of carbonyl (C=O) groups is 1. The fourth-order valence-electron chi connectivity index (χ4n) is 3.24. The Labute approximate surface area is 148 Å². The molecule has 3 rings (SSSR count). The molecule has 0 N–H and O–H groups in total. The lowest BCUT2D eigenvalue weighted by Gasteiger charge is -2.35. The van der Waals surface area contributed by atoms with E-state index in [1.54, 1.807) is 11.3 Å². The lowest BCUT2D eigenvalue weighted by atomic mass is 10.0. The van der Waals surface area contributed by atoms with Gasteiger partial charge in [0.15, 0.2) is 0 Å². The van der Waals surface area contributed by atoms with Gasteiger partial charge in [-0.15, -0.1) is 11.3 Å². The van der Waals surface area contributed by atoms with Crippen molar-refractivity contribution < 1.29 is 4.79 Å². The van der Waals surface area contributed by atoms with Crippen molar-refractivity contribution in [3.05, 3.63) is 40.9 Å². The van der Waals surface area contributed by atoms with Crippen molar-refractivity contribution in [3.63, 3.8) is 0 Å². The molecule has 1 aliphatic heterocycles. The number of hydrogen-bond donors (Lipinski definition) is 0. The molecule has 0 spiro atoms. The van der Waals surface area contributed by atoms with E-state index in [1.165, 1.54) is 5.56 Å². The molecule has 24 heavy (non-hydrogen) atoms. The standard InChI is InChI=1S/C19H25N3OS/c1-14-6-4-7-15(10-14)19-20-16(13-24-19)11-18(23)22(3)17-8-5-9-21(2)12-17/h4,6-7,10,13,17H,5,8-9,11-12H2,1-3H3. The minimum Gasteiger partial charge on any atom is -0.341 e. The van der Waals surface area contributed by atoms with Crippen molar-refractivity contribution in [1.29, 1.82) is 0 Å². The zero-order chi connectivity index (χ0) is 17.1. The minimum atomic E-state index is 0.163. The van der Waals surface area contributed by atoms with Crippen LogP contribution in [-0.4, -0.2) is 53.9 Å². The van der Waals surface area contributed by atoms with Gasteiger partial charge in [-0.2, -0.15) is 0 Å². The largest absolute Gasteiger partial charge is 0.341 e. The van der Waals surface area contributed by atoms with Gasteiger partial charge in [0.05, 0.1) is 12.1 Å². The molecule has 0 radical (unpaired) electrons. The van der Waals surface area contributed by atoms with E-state index in [9.17, 15) is 4.79 Å². The van der Waals surface area contributed by atoms with Gasteiger partial charge in [-0.3, -0.25) is 4.79 Å². The molecule has 1 atom stereocenters. The molecule has 2 aromatic rings. The average molecular weight is 343 g/mol. The van der Waals surface area contributed by atoms with Gasteiger partial charge in [-0.05, 0) is 39.4 Å². The zero-order valence-electron chi connectivity index (χ0n) is 14.7. The number of rotatable bonds is 4. The van der Waals surface area contributed by atoms with Crippen LogP contribution in [0, 0.1) is 6.92 Å². The second-order valence-corrected chi connectivity index (χ2v) is 7.61. The third-order valence-electron chi connectivity index (χ3n) is 4.69. The SMILES string of the molecule is Cc1cccc(-c2nc(CC(=O)N(C)C3CCCN(C)C3)cs2)c1. The molecule has 1 aliphatic rings. The summed E-state index contributed by atoms with van der Waals surface area (Å²) >= 11 is 1.61. The Balaban J connectivity index is 1.64. The van der Waals surface area contributed by atoms with E-state index < -0.39 is 0 Å². The molecule has 1 fully saturated rings. The van der Waals surface area contributed by atoms with Crippen LogP contribution < -0.4 is 0 Å². The molecule has 2 heterocycles. The van der Waals surface area contributed by atoms with Crippen molar-refractivity contribution >= 4 is 17.2 Å². The Hall–Kier alpha value is -1.72. The molecule has 0 bridgehead atoms. The van der Waals surface area contributed by atoms with Gasteiger partial charge >= 0.3 is 0 Å². The minimum absolute atomic E-state index is 0.163. The topological polar surface area (TPSA) is 36.4 Å². The Morgan fingerprint density at radius 3 is 3.04 bits per heavy atom. The predicted molar refractivity (Wildman–Crippen MR) is 99.3 cm³/mol. The first-order valence-electron chi connectivity index (χ1n) is 8.48. The molecule has 4 nitrogen and oxygen atoms in total. The highest BCUT2D eigenvalue weighted by molar-refractivity contribution is 7.13. The van der Waals surface area contributed by atoms with E-state index >= 15 is 0 Å². The van der Waals surface area contributed by atoms with E-state index in [2.05, 4.69) is 42.1 Å². The Kier molecular flexibility index (Phi) is 5.31. The van der Waals surface area contributed by atoms with Crippen molar-refractivity contribution in [2.24, 2.45) is 0 Å². The van der Waals surface area contributed by atoms with Gasteiger partial charge in [0.25, 0.3) is 0 Å². The first-order valence-corrected chi connectivity index (χ1v) is 9.36. The lowest BCUT2D eigenvalue weighted by molar-refractivity contribution is -0.132. The number of likely N-dealkylation sites (N-methyl/N-ethyl adjacent to an activating group) is 2. The van der Waals surface area contributed by atoms with E-state index in [1.807, 2.05) is 23.4 Å². The summed E-state index contributed by atoms with van der Waals surface area (Å²) in [5, 5.41) is 3.00. The highest BCUT2D eigenvalue weighted by Crippen LogP contribution is 2.25. The van der Waals surface area contributed by atoms with Crippen molar-refractivity contribution in [1.82, 2.24) is 14.8 Å². The van der Waals surface area contributed by atoms with E-state index in [0.29, 0.717) is 12.5 Å². The van der Waals surface area contributed by atoms with Crippen LogP contribution in [0.1, 0.15) is 24.1 Å². The molecular formula is C19H25N3OS. The summed E-state index contributed by atoms with van der Waals surface area (Å²) in [6.07, 6.45) is 2.64. The molecule has 1 unspecified atom stereocenters. The maximum absolute atomic E-state index is 12.6. The number of carbonyl (C=O) groups excluding carboxylic acids is 1. The summed E-state index contributed by atoms with van der Waals surface area (Å²) in [7, 11) is 4.05. The summed E-state index contributed by atoms with van der Waals surface area (Å²) < 4.78 is 0. The van der Waals surface area contributed by atoms with Gasteiger partial charge in [-0.25, -0.2) is 4.98 Å². The summed E-state index contributed by atoms with van der Waals surface area (Å²) in [6.45, 7) is 4.18. The quantitative estimate of drug-likeness (QED) is 0.855. The summed E-state index contributed by atoms with van der Waals surface area (Å²) in [6, 6.07) is 8.66. The monoisotopic (exact) mass is 343 g/mol. The highest BCUT2D eigenvalue weighted by Gasteiger charge is 2.24. The number of nitrogens with zero attached hydrogens (tertiary/aromatic N) is 3. The molecule has 1 aromatic carbocycles. The third kappa shape index (κ3) is 4.02. The second-order valence-electron chi connectivity index (χ2n) is 6.75. The van der Waals surface area contributed by atoms with Gasteiger partial charge < -0.3 is 9.80 Å². The zero-order valence-corrected chi connectivity index (χ0v) is 15.5. The Morgan fingerprint density at radius 1 is 1.46 bits per heavy atom. The third-order valence-corrected chi connectivity index (χ3v) is 5.63. The number of hydrogen-bond acceptors (Lipinski definition) is 4. The molecule has 0 saturated carbocycles. The van der Waals surface area contributed by atoms with Crippen LogP contribution in [0.2, 0.25) is 0 Å². The number of thiazole rings is 1. The normalized spacial score (nSPS) is 18.5. The van der Waals surface area contributed by atoms with Gasteiger partial charge in [0.1, 0.15) is 5.01 Å². The molecule has 0 aliphatic carbocycles. The molecule has 5 heteroatoms. The molecule has 128 valence electrons. The van der Waals surface area contributed by atoms with Crippen LogP contribution in [0.4, 0.5) is 0 Å². The first-order chi connectivity index (χ1) is 11.5. The Morgan fingerprint density at radius 2 is 2.29 bits per heavy atom. The van der Waals surface area contributed by atoms with E-state index in [0.717, 1.165) is 42.2 Å². The van der Waals surface area contributed by atoms with Crippen LogP contribution in [0.15, 0.2) is 29.6 Å². The fraction of sp³-hybridized carbons (Fsp3) is 0.474. The predicted octanol–water partition coefficient (Wildman–Crippen LogP) is 3.21. The van der Waals surface area contributed by atoms with Crippen LogP contribution in [0.5, 0.6) is 0 Å². The van der Waals surface area contributed by atoms with E-state index in [4.69, 9.17) is 0 Å². The van der Waals surface area contributed by atoms with Crippen LogP contribution in [0.3, 0.4) is 0 Å². The molecule has 1 saturated heterocycles. The number of aryl methyl sites for hydroxylation is 1. The van der Waals surface area contributed by atoms with Crippen molar-refractivity contribution in [2.75, 3.05) is 27.2 Å². The van der Waals surface area contributed by atoms with E-state index in [-0.39, 0.29) is 5.91 Å². The average Bonchev–Trinajstić information content (AvgIpc) is 3.02. The van der Waals surface area contributed by atoms with Crippen LogP contribution in [0.25, 0.3) is 10.6 Å². The number of amides is 1. The first kappa shape index (κ1) is 17.1. The van der Waals surface area contributed by atoms with Crippen LogP contribution in [-0.2, 0) is 11.2 Å². The van der Waals surface area contributed by atoms with Crippen LogP contribution >= 0.6 is 11.3 Å². The maximum atomic E-state index is 12.6. The summed E-state index contributed by atoms with van der Waals surface area (Å²) in [5.41, 5.74) is 3.22. The number of aromatic nitrogens is 1. The number of likely N-dealkylation sites (tertiary alicyclic amines) is 1.